The molecule has 176 valence electrons. The number of carbonyl (C=O) groups is 2. The number of hydrogen-bond acceptors (Lipinski definition) is 5. The van der Waals surface area contributed by atoms with Gasteiger partial charge in [-0.2, -0.15) is 10.1 Å². The molecule has 3 aromatic carbocycles. The third-order valence-electron chi connectivity index (χ3n) is 5.92. The van der Waals surface area contributed by atoms with Crippen LogP contribution in [0.25, 0.3) is 0 Å². The lowest BCUT2D eigenvalue weighted by atomic mass is 9.98. The number of aryl methyl sites for hydroxylation is 1. The highest BCUT2D eigenvalue weighted by molar-refractivity contribution is 8.15. The maximum Gasteiger partial charge on any atom is 0.262 e. The van der Waals surface area contributed by atoms with Crippen LogP contribution >= 0.6 is 11.8 Å². The van der Waals surface area contributed by atoms with E-state index in [-0.39, 0.29) is 24.1 Å². The fraction of sp³-hybridized carbons (Fsp3) is 0.185. The smallest absolute Gasteiger partial charge is 0.262 e. The molecule has 2 heterocycles. The Bertz CT molecular complexity index is 1320. The molecule has 2 aliphatic heterocycles. The number of amidine groups is 1. The Morgan fingerprint density at radius 1 is 1.06 bits per heavy atom. The van der Waals surface area contributed by atoms with Crippen molar-refractivity contribution in [1.82, 2.24) is 5.01 Å². The quantitative estimate of drug-likeness (QED) is 0.530. The van der Waals surface area contributed by atoms with Gasteiger partial charge in [0.2, 0.25) is 5.91 Å². The molecule has 2 unspecified atom stereocenters. The van der Waals surface area contributed by atoms with Crippen molar-refractivity contribution in [2.75, 3.05) is 5.32 Å². The van der Waals surface area contributed by atoms with E-state index in [9.17, 15) is 14.0 Å². The van der Waals surface area contributed by atoms with Crippen LogP contribution in [0.4, 0.5) is 10.1 Å². The van der Waals surface area contributed by atoms with Crippen LogP contribution in [0.3, 0.4) is 0 Å². The number of benzene rings is 3. The molecule has 3 aromatic rings. The number of para-hydroxylation sites is 1. The van der Waals surface area contributed by atoms with E-state index in [0.29, 0.717) is 11.6 Å². The van der Waals surface area contributed by atoms with Crippen LogP contribution in [-0.4, -0.2) is 33.0 Å². The highest BCUT2D eigenvalue weighted by Gasteiger charge is 2.39. The number of nitrogens with one attached hydrogen (secondary N) is 1. The lowest BCUT2D eigenvalue weighted by Gasteiger charge is -2.23. The predicted octanol–water partition coefficient (Wildman–Crippen LogP) is 5.31. The van der Waals surface area contributed by atoms with Crippen molar-refractivity contribution in [2.24, 2.45) is 10.1 Å². The van der Waals surface area contributed by atoms with Gasteiger partial charge in [-0.1, -0.05) is 84.1 Å². The molecule has 0 radical (unpaired) electrons. The zero-order valence-electron chi connectivity index (χ0n) is 19.0. The number of thioether (sulfide) groups is 1. The molecule has 6 nitrogen and oxygen atoms in total. The normalized spacial score (nSPS) is 19.5. The molecule has 8 heteroatoms. The molecule has 0 aliphatic carbocycles. The topological polar surface area (TPSA) is 74.1 Å². The molecule has 1 N–H and O–H groups in total. The van der Waals surface area contributed by atoms with Crippen LogP contribution in [0.2, 0.25) is 0 Å². The largest absolute Gasteiger partial charge is 0.324 e. The summed E-state index contributed by atoms with van der Waals surface area (Å²) in [4.78, 5) is 29.5. The van der Waals surface area contributed by atoms with Crippen LogP contribution in [0.5, 0.6) is 0 Å². The van der Waals surface area contributed by atoms with Gasteiger partial charge in [-0.25, -0.2) is 9.40 Å². The molecular weight excluding hydrogens is 463 g/mol. The van der Waals surface area contributed by atoms with Gasteiger partial charge >= 0.3 is 0 Å². The molecule has 35 heavy (non-hydrogen) atoms. The van der Waals surface area contributed by atoms with E-state index in [4.69, 9.17) is 5.10 Å². The van der Waals surface area contributed by atoms with Gasteiger partial charge in [0.25, 0.3) is 5.91 Å². The second kappa shape index (κ2) is 9.84. The van der Waals surface area contributed by atoms with E-state index in [1.165, 1.54) is 29.5 Å². The molecule has 0 aromatic heterocycles. The molecule has 0 saturated carbocycles. The van der Waals surface area contributed by atoms with Crippen LogP contribution in [-0.2, 0) is 9.59 Å². The summed E-state index contributed by atoms with van der Waals surface area (Å²) in [7, 11) is 0. The summed E-state index contributed by atoms with van der Waals surface area (Å²) in [5.74, 6) is -1.36. The minimum absolute atomic E-state index is 0.0881. The number of amides is 2. The third-order valence-corrected chi connectivity index (χ3v) is 7.07. The molecule has 0 bridgehead atoms. The van der Waals surface area contributed by atoms with Gasteiger partial charge in [-0.15, -0.1) is 0 Å². The average molecular weight is 487 g/mol. The van der Waals surface area contributed by atoms with Crippen molar-refractivity contribution in [3.63, 3.8) is 0 Å². The summed E-state index contributed by atoms with van der Waals surface area (Å²) in [6, 6.07) is 24.0. The van der Waals surface area contributed by atoms with Crippen LogP contribution in [0.1, 0.15) is 35.6 Å². The highest BCUT2D eigenvalue weighted by atomic mass is 32.2. The number of rotatable bonds is 5. The first-order valence-electron chi connectivity index (χ1n) is 11.3. The molecule has 0 fully saturated rings. The molecular formula is C27H23FN4O2S. The summed E-state index contributed by atoms with van der Waals surface area (Å²) in [5.41, 5.74) is 4.26. The van der Waals surface area contributed by atoms with Crippen molar-refractivity contribution >= 4 is 40.1 Å². The van der Waals surface area contributed by atoms with E-state index >= 15 is 0 Å². The first-order chi connectivity index (χ1) is 17.0. The summed E-state index contributed by atoms with van der Waals surface area (Å²) < 4.78 is 13.9. The van der Waals surface area contributed by atoms with Crippen molar-refractivity contribution in [2.45, 2.75) is 31.1 Å². The Morgan fingerprint density at radius 3 is 2.51 bits per heavy atom. The van der Waals surface area contributed by atoms with Crippen molar-refractivity contribution in [3.05, 3.63) is 101 Å². The van der Waals surface area contributed by atoms with E-state index in [0.717, 1.165) is 16.8 Å². The molecule has 0 saturated heterocycles. The first kappa shape index (κ1) is 23.0. The second-order valence-electron chi connectivity index (χ2n) is 8.46. The van der Waals surface area contributed by atoms with Crippen molar-refractivity contribution < 1.29 is 14.0 Å². The van der Waals surface area contributed by atoms with Gasteiger partial charge in [0.15, 0.2) is 5.17 Å². The number of halogens is 1. The van der Waals surface area contributed by atoms with Crippen LogP contribution in [0.15, 0.2) is 89.0 Å². The van der Waals surface area contributed by atoms with Gasteiger partial charge in [0, 0.05) is 12.8 Å². The van der Waals surface area contributed by atoms with Crippen LogP contribution in [0, 0.1) is 12.7 Å². The maximum absolute atomic E-state index is 13.9. The second-order valence-corrected chi connectivity index (χ2v) is 9.63. The Balaban J connectivity index is 1.35. The van der Waals surface area contributed by atoms with E-state index in [1.807, 2.05) is 61.5 Å². The summed E-state index contributed by atoms with van der Waals surface area (Å²) in [5, 5.41) is 8.96. The minimum atomic E-state index is -0.688. The highest BCUT2D eigenvalue weighted by Crippen LogP contribution is 2.38. The number of nitrogens with zero attached hydrogens (tertiary/aromatic N) is 3. The third kappa shape index (κ3) is 5.02. The van der Waals surface area contributed by atoms with Crippen molar-refractivity contribution in [1.29, 1.82) is 0 Å². The van der Waals surface area contributed by atoms with Gasteiger partial charge in [-0.3, -0.25) is 9.59 Å². The van der Waals surface area contributed by atoms with Gasteiger partial charge in [0.1, 0.15) is 11.1 Å². The Kier molecular flexibility index (Phi) is 6.46. The molecule has 5 rings (SSSR count). The monoisotopic (exact) mass is 486 g/mol. The predicted molar refractivity (Wildman–Crippen MR) is 137 cm³/mol. The minimum Gasteiger partial charge on any atom is -0.324 e. The SMILES string of the molecule is Cc1ccc(C2=NN(C3=NC(=O)C(CC(=O)Nc4ccccc4F)S3)C(c3ccccc3)C2)cc1. The number of carbonyl (C=O) groups excluding carboxylic acids is 2. The average Bonchev–Trinajstić information content (AvgIpc) is 3.46. The number of aliphatic imine (C=N–C) groups is 1. The Labute approximate surface area is 207 Å². The Morgan fingerprint density at radius 2 is 1.77 bits per heavy atom. The molecule has 2 atom stereocenters. The van der Waals surface area contributed by atoms with E-state index in [1.54, 1.807) is 17.1 Å². The Hall–Kier alpha value is -3.78. The van der Waals surface area contributed by atoms with E-state index < -0.39 is 17.0 Å². The zero-order valence-corrected chi connectivity index (χ0v) is 19.8. The van der Waals surface area contributed by atoms with Gasteiger partial charge in [0.05, 0.1) is 17.4 Å². The fourth-order valence-corrected chi connectivity index (χ4v) is 5.14. The van der Waals surface area contributed by atoms with Gasteiger partial charge < -0.3 is 5.32 Å². The fourth-order valence-electron chi connectivity index (χ4n) is 4.08. The summed E-state index contributed by atoms with van der Waals surface area (Å²) >= 11 is 1.22. The molecule has 2 amide bonds. The lowest BCUT2D eigenvalue weighted by Crippen LogP contribution is -2.25. The summed E-state index contributed by atoms with van der Waals surface area (Å²) in [6.07, 6.45) is 0.558. The number of anilines is 1. The summed E-state index contributed by atoms with van der Waals surface area (Å²) in [6.45, 7) is 2.04. The maximum atomic E-state index is 13.9. The number of hydrogen-bond donors (Lipinski definition) is 1. The standard InChI is InChI=1S/C27H23FN4O2S/c1-17-11-13-18(14-12-17)22-15-23(19-7-3-2-4-8-19)32(31-22)27-30-26(34)24(35-27)16-25(33)29-21-10-6-5-9-20(21)28/h2-14,23-24H,15-16H2,1H3,(H,29,33). The van der Waals surface area contributed by atoms with E-state index in [2.05, 4.69) is 10.3 Å². The number of hydrazone groups is 1. The van der Waals surface area contributed by atoms with Crippen molar-refractivity contribution in [3.8, 4) is 0 Å². The van der Waals surface area contributed by atoms with Gasteiger partial charge in [-0.05, 0) is 30.2 Å². The molecule has 0 spiro atoms. The van der Waals surface area contributed by atoms with Crippen LogP contribution < -0.4 is 5.32 Å². The zero-order chi connectivity index (χ0) is 24.4. The molecule has 2 aliphatic rings. The first-order valence-corrected chi connectivity index (χ1v) is 12.2. The lowest BCUT2D eigenvalue weighted by molar-refractivity contribution is -0.121.